The van der Waals surface area contributed by atoms with E-state index in [9.17, 15) is 0 Å². The number of hydrogen-bond donors (Lipinski definition) is 1. The van der Waals surface area contributed by atoms with Gasteiger partial charge in [-0.15, -0.1) is 0 Å². The van der Waals surface area contributed by atoms with Crippen LogP contribution in [-0.2, 0) is 6.54 Å². The highest BCUT2D eigenvalue weighted by Gasteiger charge is 2.03. The summed E-state index contributed by atoms with van der Waals surface area (Å²) in [6.45, 7) is 7.58. The third-order valence-electron chi connectivity index (χ3n) is 3.10. The van der Waals surface area contributed by atoms with E-state index in [1.807, 2.05) is 0 Å². The van der Waals surface area contributed by atoms with Crippen LogP contribution in [-0.4, -0.2) is 20.1 Å². The predicted molar refractivity (Wildman–Crippen MR) is 72.1 cm³/mol. The Balaban J connectivity index is 2.68. The average Bonchev–Trinajstić information content (AvgIpc) is 2.26. The summed E-state index contributed by atoms with van der Waals surface area (Å²) in [5.74, 6) is 0. The molecule has 16 heavy (non-hydrogen) atoms. The number of rotatable bonds is 5. The molecule has 0 heterocycles. The fraction of sp³-hybridized carbons (Fsp3) is 0.571. The lowest BCUT2D eigenvalue weighted by Gasteiger charge is -2.16. The van der Waals surface area contributed by atoms with E-state index < -0.39 is 0 Å². The number of nitrogens with one attached hydrogen (secondary N) is 1. The van der Waals surface area contributed by atoms with Crippen LogP contribution in [0.25, 0.3) is 0 Å². The van der Waals surface area contributed by atoms with Gasteiger partial charge in [-0.1, -0.05) is 13.0 Å². The summed E-state index contributed by atoms with van der Waals surface area (Å²) < 4.78 is 0. The van der Waals surface area contributed by atoms with Crippen LogP contribution in [0.3, 0.4) is 0 Å². The molecule has 0 radical (unpaired) electrons. The summed E-state index contributed by atoms with van der Waals surface area (Å²) in [7, 11) is 4.15. The molecule has 0 fully saturated rings. The van der Waals surface area contributed by atoms with Gasteiger partial charge in [0.2, 0.25) is 0 Å². The topological polar surface area (TPSA) is 15.3 Å². The van der Waals surface area contributed by atoms with E-state index in [1.54, 1.807) is 0 Å². The van der Waals surface area contributed by atoms with Gasteiger partial charge in [0.1, 0.15) is 0 Å². The van der Waals surface area contributed by atoms with Crippen molar-refractivity contribution in [3.8, 4) is 0 Å². The predicted octanol–water partition coefficient (Wildman–Crippen LogP) is 2.95. The van der Waals surface area contributed by atoms with Crippen molar-refractivity contribution in [1.82, 2.24) is 5.32 Å². The molecular formula is C14H24N2. The second-order valence-corrected chi connectivity index (χ2v) is 4.70. The van der Waals surface area contributed by atoms with Gasteiger partial charge in [-0.3, -0.25) is 0 Å². The van der Waals surface area contributed by atoms with Gasteiger partial charge in [-0.25, -0.2) is 0 Å². The van der Waals surface area contributed by atoms with Gasteiger partial charge >= 0.3 is 0 Å². The van der Waals surface area contributed by atoms with Crippen molar-refractivity contribution in [2.75, 3.05) is 19.0 Å². The molecule has 1 unspecified atom stereocenters. The summed E-state index contributed by atoms with van der Waals surface area (Å²) in [5.41, 5.74) is 4.03. The maximum atomic E-state index is 3.52. The molecule has 1 aromatic rings. The monoisotopic (exact) mass is 220 g/mol. The summed E-state index contributed by atoms with van der Waals surface area (Å²) >= 11 is 0. The zero-order valence-corrected chi connectivity index (χ0v) is 11.2. The first-order chi connectivity index (χ1) is 7.54. The highest BCUT2D eigenvalue weighted by molar-refractivity contribution is 5.49. The second kappa shape index (κ2) is 5.90. The fourth-order valence-corrected chi connectivity index (χ4v) is 1.59. The fourth-order valence-electron chi connectivity index (χ4n) is 1.59. The minimum Gasteiger partial charge on any atom is -0.378 e. The molecule has 2 heteroatoms. The zero-order chi connectivity index (χ0) is 12.1. The molecule has 0 amide bonds. The largest absolute Gasteiger partial charge is 0.378 e. The molecule has 1 rings (SSSR count). The maximum Gasteiger partial charge on any atom is 0.0363 e. The van der Waals surface area contributed by atoms with Crippen LogP contribution in [0.5, 0.6) is 0 Å². The van der Waals surface area contributed by atoms with E-state index in [1.165, 1.54) is 23.2 Å². The molecule has 1 N–H and O–H groups in total. The lowest BCUT2D eigenvalue weighted by molar-refractivity contribution is 0.533. The molecule has 2 nitrogen and oxygen atoms in total. The Labute approximate surface area is 99.7 Å². The van der Waals surface area contributed by atoms with Crippen molar-refractivity contribution < 1.29 is 0 Å². The Kier molecular flexibility index (Phi) is 4.81. The SMILES string of the molecule is CCC(C)NCc1ccc(N(C)C)cc1C. The first-order valence-corrected chi connectivity index (χ1v) is 6.04. The van der Waals surface area contributed by atoms with Crippen molar-refractivity contribution >= 4 is 5.69 Å². The lowest BCUT2D eigenvalue weighted by atomic mass is 10.1. The molecule has 0 aromatic heterocycles. The molecule has 0 aliphatic heterocycles. The van der Waals surface area contributed by atoms with Crippen LogP contribution in [0.1, 0.15) is 31.4 Å². The van der Waals surface area contributed by atoms with Gasteiger partial charge < -0.3 is 10.2 Å². The number of benzene rings is 1. The number of nitrogens with zero attached hydrogens (tertiary/aromatic N) is 1. The standard InChI is InChI=1S/C14H24N2/c1-6-12(3)15-10-13-7-8-14(16(4)5)9-11(13)2/h7-9,12,15H,6,10H2,1-5H3. The Morgan fingerprint density at radius 2 is 2.00 bits per heavy atom. The summed E-state index contributed by atoms with van der Waals surface area (Å²) in [6, 6.07) is 7.24. The first-order valence-electron chi connectivity index (χ1n) is 6.04. The van der Waals surface area contributed by atoms with E-state index in [-0.39, 0.29) is 0 Å². The number of hydrogen-bond acceptors (Lipinski definition) is 2. The minimum absolute atomic E-state index is 0.591. The van der Waals surface area contributed by atoms with Gasteiger partial charge in [-0.2, -0.15) is 0 Å². The van der Waals surface area contributed by atoms with Crippen molar-refractivity contribution in [2.24, 2.45) is 0 Å². The van der Waals surface area contributed by atoms with E-state index in [0.29, 0.717) is 6.04 Å². The Morgan fingerprint density at radius 1 is 1.31 bits per heavy atom. The molecule has 0 saturated carbocycles. The first kappa shape index (κ1) is 13.0. The van der Waals surface area contributed by atoms with Gasteiger partial charge in [0.05, 0.1) is 0 Å². The zero-order valence-electron chi connectivity index (χ0n) is 11.2. The van der Waals surface area contributed by atoms with Crippen molar-refractivity contribution in [2.45, 2.75) is 39.8 Å². The van der Waals surface area contributed by atoms with E-state index >= 15 is 0 Å². The van der Waals surface area contributed by atoms with Gasteiger partial charge in [0, 0.05) is 32.4 Å². The Bertz CT molecular complexity index is 332. The summed E-state index contributed by atoms with van der Waals surface area (Å²) in [4.78, 5) is 2.14. The molecule has 1 aromatic carbocycles. The Hall–Kier alpha value is -1.02. The third-order valence-corrected chi connectivity index (χ3v) is 3.10. The molecule has 1 atom stereocenters. The Morgan fingerprint density at radius 3 is 2.50 bits per heavy atom. The normalized spacial score (nSPS) is 12.6. The van der Waals surface area contributed by atoms with Crippen LogP contribution in [0, 0.1) is 6.92 Å². The molecule has 0 saturated heterocycles. The van der Waals surface area contributed by atoms with Crippen LogP contribution in [0.2, 0.25) is 0 Å². The number of anilines is 1. The maximum absolute atomic E-state index is 3.52. The average molecular weight is 220 g/mol. The highest BCUT2D eigenvalue weighted by atomic mass is 15.1. The van der Waals surface area contributed by atoms with Crippen molar-refractivity contribution in [3.63, 3.8) is 0 Å². The number of aryl methyl sites for hydroxylation is 1. The quantitative estimate of drug-likeness (QED) is 0.820. The van der Waals surface area contributed by atoms with Gasteiger partial charge in [0.25, 0.3) is 0 Å². The molecule has 0 aliphatic carbocycles. The van der Waals surface area contributed by atoms with E-state index in [0.717, 1.165) is 6.54 Å². The van der Waals surface area contributed by atoms with Crippen LogP contribution in [0.15, 0.2) is 18.2 Å². The molecular weight excluding hydrogens is 196 g/mol. The summed E-state index contributed by atoms with van der Waals surface area (Å²) in [6.07, 6.45) is 1.18. The molecule has 90 valence electrons. The molecule has 0 bridgehead atoms. The van der Waals surface area contributed by atoms with Crippen molar-refractivity contribution in [3.05, 3.63) is 29.3 Å². The van der Waals surface area contributed by atoms with Gasteiger partial charge in [-0.05, 0) is 43.5 Å². The van der Waals surface area contributed by atoms with Gasteiger partial charge in [0.15, 0.2) is 0 Å². The molecule has 0 aliphatic rings. The smallest absolute Gasteiger partial charge is 0.0363 e. The molecule has 0 spiro atoms. The highest BCUT2D eigenvalue weighted by Crippen LogP contribution is 2.17. The van der Waals surface area contributed by atoms with Crippen LogP contribution >= 0.6 is 0 Å². The van der Waals surface area contributed by atoms with Crippen LogP contribution < -0.4 is 10.2 Å². The minimum atomic E-state index is 0.591. The van der Waals surface area contributed by atoms with E-state index in [4.69, 9.17) is 0 Å². The third kappa shape index (κ3) is 3.53. The summed E-state index contributed by atoms with van der Waals surface area (Å²) in [5, 5.41) is 3.52. The van der Waals surface area contributed by atoms with Crippen LogP contribution in [0.4, 0.5) is 5.69 Å². The van der Waals surface area contributed by atoms with Crippen molar-refractivity contribution in [1.29, 1.82) is 0 Å². The van der Waals surface area contributed by atoms with E-state index in [2.05, 4.69) is 63.3 Å². The lowest BCUT2D eigenvalue weighted by Crippen LogP contribution is -2.24. The second-order valence-electron chi connectivity index (χ2n) is 4.70.